The topological polar surface area (TPSA) is 50.1 Å². The van der Waals surface area contributed by atoms with Crippen molar-refractivity contribution in [2.45, 2.75) is 26.7 Å². The average molecular weight is 301 g/mol. The first-order valence-electron chi connectivity index (χ1n) is 6.92. The van der Waals surface area contributed by atoms with Gasteiger partial charge in [0.15, 0.2) is 5.11 Å². The summed E-state index contributed by atoms with van der Waals surface area (Å²) in [5.41, 5.74) is 6.02. The van der Waals surface area contributed by atoms with Crippen LogP contribution in [-0.2, 0) is 0 Å². The van der Waals surface area contributed by atoms with E-state index >= 15 is 0 Å². The summed E-state index contributed by atoms with van der Waals surface area (Å²) in [6.07, 6.45) is 0. The van der Waals surface area contributed by atoms with E-state index in [0.717, 1.165) is 5.69 Å². The number of aryl methyl sites for hydroxylation is 1. The molecule has 4 heteroatoms. The van der Waals surface area contributed by atoms with Crippen molar-refractivity contribution >= 4 is 23.0 Å². The number of thiocarbonyl (C=S) groups is 1. The molecule has 3 nitrogen and oxygen atoms in total. The standard InChI is InChI=1S/C10H14.C7H9N3S/c1-8(2)10-6-4-9(3)5-7-10;8-10-7(11)9-6-4-2-1-3-5-6/h4-8H,1-3H3;1-5H,8H2,(H2,9,10,11). The van der Waals surface area contributed by atoms with Crippen molar-refractivity contribution in [3.05, 3.63) is 65.7 Å². The van der Waals surface area contributed by atoms with Crippen LogP contribution in [0.5, 0.6) is 0 Å². The Balaban J connectivity index is 0.000000211. The van der Waals surface area contributed by atoms with Gasteiger partial charge in [-0.3, -0.25) is 0 Å². The zero-order valence-corrected chi connectivity index (χ0v) is 13.6. The lowest BCUT2D eigenvalue weighted by Crippen LogP contribution is -2.34. The number of hydrazine groups is 1. The summed E-state index contributed by atoms with van der Waals surface area (Å²) in [5.74, 6) is 5.72. The van der Waals surface area contributed by atoms with Gasteiger partial charge in [0.1, 0.15) is 0 Å². The second kappa shape index (κ2) is 9.10. The quantitative estimate of drug-likeness (QED) is 0.446. The zero-order valence-electron chi connectivity index (χ0n) is 12.8. The first-order valence-corrected chi connectivity index (χ1v) is 7.33. The molecular formula is C17H23N3S. The highest BCUT2D eigenvalue weighted by Gasteiger charge is 1.95. The molecule has 0 heterocycles. The Kier molecular flexibility index (Phi) is 7.43. The Morgan fingerprint density at radius 1 is 1.00 bits per heavy atom. The molecule has 0 bridgehead atoms. The molecule has 0 atom stereocenters. The van der Waals surface area contributed by atoms with Crippen LogP contribution in [0.2, 0.25) is 0 Å². The Morgan fingerprint density at radius 2 is 1.57 bits per heavy atom. The van der Waals surface area contributed by atoms with Gasteiger partial charge in [-0.15, -0.1) is 0 Å². The zero-order chi connectivity index (χ0) is 15.7. The van der Waals surface area contributed by atoms with Gasteiger partial charge in [-0.1, -0.05) is 61.9 Å². The first kappa shape index (κ1) is 17.1. The molecule has 0 saturated carbocycles. The molecule has 4 N–H and O–H groups in total. The molecule has 0 aliphatic carbocycles. The van der Waals surface area contributed by atoms with Crippen LogP contribution in [0.25, 0.3) is 0 Å². The molecule has 2 rings (SSSR count). The molecule has 0 amide bonds. The van der Waals surface area contributed by atoms with E-state index in [2.05, 4.69) is 55.8 Å². The summed E-state index contributed by atoms with van der Waals surface area (Å²) in [7, 11) is 0. The molecule has 21 heavy (non-hydrogen) atoms. The summed E-state index contributed by atoms with van der Waals surface area (Å²) in [6.45, 7) is 6.54. The molecule has 2 aromatic rings. The number of benzene rings is 2. The third-order valence-electron chi connectivity index (χ3n) is 2.91. The molecule has 2 aromatic carbocycles. The summed E-state index contributed by atoms with van der Waals surface area (Å²) in [5, 5.41) is 3.30. The third-order valence-corrected chi connectivity index (χ3v) is 3.13. The second-order valence-corrected chi connectivity index (χ2v) is 5.44. The van der Waals surface area contributed by atoms with Crippen LogP contribution >= 0.6 is 12.2 Å². The largest absolute Gasteiger partial charge is 0.332 e. The number of nitrogens with one attached hydrogen (secondary N) is 2. The molecular weight excluding hydrogens is 278 g/mol. The molecule has 0 radical (unpaired) electrons. The Labute approximate surface area is 132 Å². The first-order chi connectivity index (χ1) is 10.0. The Morgan fingerprint density at radius 3 is 2.05 bits per heavy atom. The van der Waals surface area contributed by atoms with E-state index in [0.29, 0.717) is 11.0 Å². The number of para-hydroxylation sites is 1. The molecule has 0 saturated heterocycles. The van der Waals surface area contributed by atoms with E-state index < -0.39 is 0 Å². The average Bonchev–Trinajstić information content (AvgIpc) is 2.49. The predicted octanol–water partition coefficient (Wildman–Crippen LogP) is 3.97. The fourth-order valence-corrected chi connectivity index (χ4v) is 1.76. The minimum atomic E-state index is 0.413. The number of hydrogen-bond acceptors (Lipinski definition) is 2. The van der Waals surface area contributed by atoms with Crippen LogP contribution in [0.3, 0.4) is 0 Å². The van der Waals surface area contributed by atoms with E-state index in [-0.39, 0.29) is 0 Å². The summed E-state index contributed by atoms with van der Waals surface area (Å²) in [6, 6.07) is 18.3. The van der Waals surface area contributed by atoms with Crippen molar-refractivity contribution in [1.29, 1.82) is 0 Å². The molecule has 0 aromatic heterocycles. The smallest absolute Gasteiger partial charge is 0.185 e. The number of anilines is 1. The van der Waals surface area contributed by atoms with E-state index in [1.807, 2.05) is 30.3 Å². The molecule has 0 unspecified atom stereocenters. The highest BCUT2D eigenvalue weighted by molar-refractivity contribution is 7.80. The highest BCUT2D eigenvalue weighted by atomic mass is 32.1. The van der Waals surface area contributed by atoms with Gasteiger partial charge in [0.25, 0.3) is 0 Å². The van der Waals surface area contributed by atoms with Crippen molar-refractivity contribution in [1.82, 2.24) is 5.43 Å². The predicted molar refractivity (Wildman–Crippen MR) is 95.3 cm³/mol. The van der Waals surface area contributed by atoms with E-state index in [1.54, 1.807) is 0 Å². The molecule has 0 fully saturated rings. The number of nitrogens with two attached hydrogens (primary N) is 1. The van der Waals surface area contributed by atoms with Crippen LogP contribution in [0.15, 0.2) is 54.6 Å². The van der Waals surface area contributed by atoms with Crippen LogP contribution in [0.1, 0.15) is 30.9 Å². The summed E-state index contributed by atoms with van der Waals surface area (Å²) < 4.78 is 0. The molecule has 0 aliphatic rings. The fraction of sp³-hybridized carbons (Fsp3) is 0.235. The molecule has 0 aliphatic heterocycles. The van der Waals surface area contributed by atoms with E-state index in [1.165, 1.54) is 11.1 Å². The van der Waals surface area contributed by atoms with Crippen LogP contribution < -0.4 is 16.6 Å². The van der Waals surface area contributed by atoms with Crippen molar-refractivity contribution in [3.8, 4) is 0 Å². The van der Waals surface area contributed by atoms with Gasteiger partial charge >= 0.3 is 0 Å². The Bertz CT molecular complexity index is 536. The lowest BCUT2D eigenvalue weighted by molar-refractivity contribution is 0.866. The van der Waals surface area contributed by atoms with E-state index in [4.69, 9.17) is 18.1 Å². The second-order valence-electron chi connectivity index (χ2n) is 5.03. The highest BCUT2D eigenvalue weighted by Crippen LogP contribution is 2.13. The summed E-state index contributed by atoms with van der Waals surface area (Å²) >= 11 is 4.79. The van der Waals surface area contributed by atoms with Gasteiger partial charge in [0.05, 0.1) is 0 Å². The third kappa shape index (κ3) is 6.88. The van der Waals surface area contributed by atoms with Gasteiger partial charge in [0, 0.05) is 5.69 Å². The van der Waals surface area contributed by atoms with Gasteiger partial charge in [-0.2, -0.15) is 0 Å². The number of rotatable bonds is 2. The lowest BCUT2D eigenvalue weighted by atomic mass is 10.0. The maximum atomic E-state index is 5.07. The van der Waals surface area contributed by atoms with Gasteiger partial charge < -0.3 is 10.7 Å². The van der Waals surface area contributed by atoms with Crippen LogP contribution in [-0.4, -0.2) is 5.11 Å². The van der Waals surface area contributed by atoms with E-state index in [9.17, 15) is 0 Å². The normalized spacial score (nSPS) is 9.57. The minimum absolute atomic E-state index is 0.413. The number of hydrogen-bond donors (Lipinski definition) is 3. The SMILES string of the molecule is Cc1ccc(C(C)C)cc1.NNC(=S)Nc1ccccc1. The Hall–Kier alpha value is -1.91. The van der Waals surface area contributed by atoms with Gasteiger partial charge in [-0.05, 0) is 42.8 Å². The van der Waals surface area contributed by atoms with Crippen LogP contribution in [0, 0.1) is 6.92 Å². The molecule has 0 spiro atoms. The van der Waals surface area contributed by atoms with Crippen molar-refractivity contribution in [2.24, 2.45) is 5.84 Å². The molecule has 112 valence electrons. The van der Waals surface area contributed by atoms with Gasteiger partial charge in [-0.25, -0.2) is 5.84 Å². The van der Waals surface area contributed by atoms with Crippen molar-refractivity contribution < 1.29 is 0 Å². The minimum Gasteiger partial charge on any atom is -0.332 e. The maximum absolute atomic E-state index is 5.07. The maximum Gasteiger partial charge on any atom is 0.185 e. The van der Waals surface area contributed by atoms with Gasteiger partial charge in [0.2, 0.25) is 0 Å². The summed E-state index contributed by atoms with van der Waals surface area (Å²) in [4.78, 5) is 0. The lowest BCUT2D eigenvalue weighted by Gasteiger charge is -2.04. The van der Waals surface area contributed by atoms with Crippen molar-refractivity contribution in [3.63, 3.8) is 0 Å². The van der Waals surface area contributed by atoms with Crippen molar-refractivity contribution in [2.75, 3.05) is 5.32 Å². The van der Waals surface area contributed by atoms with Crippen LogP contribution in [0.4, 0.5) is 5.69 Å². The fourth-order valence-electron chi connectivity index (χ4n) is 1.64. The monoisotopic (exact) mass is 301 g/mol.